The molecular formula is C17H9ClF2O2. The van der Waals surface area contributed by atoms with E-state index in [4.69, 9.17) is 16.7 Å². The summed E-state index contributed by atoms with van der Waals surface area (Å²) in [6.07, 6.45) is 0. The summed E-state index contributed by atoms with van der Waals surface area (Å²) in [6.45, 7) is 0. The van der Waals surface area contributed by atoms with E-state index < -0.39 is 17.6 Å². The molecule has 0 aliphatic carbocycles. The van der Waals surface area contributed by atoms with E-state index in [1.54, 1.807) is 24.3 Å². The molecule has 22 heavy (non-hydrogen) atoms. The monoisotopic (exact) mass is 318 g/mol. The Kier molecular flexibility index (Phi) is 3.54. The van der Waals surface area contributed by atoms with E-state index in [-0.39, 0.29) is 16.1 Å². The first-order valence-electron chi connectivity index (χ1n) is 6.38. The van der Waals surface area contributed by atoms with Gasteiger partial charge < -0.3 is 5.11 Å². The average molecular weight is 319 g/mol. The van der Waals surface area contributed by atoms with Gasteiger partial charge in [0.2, 0.25) is 0 Å². The minimum atomic E-state index is -1.08. The van der Waals surface area contributed by atoms with E-state index in [1.165, 1.54) is 12.1 Å². The largest absolute Gasteiger partial charge is 0.478 e. The Labute approximate surface area is 129 Å². The summed E-state index contributed by atoms with van der Waals surface area (Å²) in [5.74, 6) is -2.64. The quantitative estimate of drug-likeness (QED) is 0.710. The second-order valence-electron chi connectivity index (χ2n) is 4.79. The molecule has 0 aliphatic heterocycles. The first-order valence-corrected chi connectivity index (χ1v) is 6.76. The second kappa shape index (κ2) is 5.39. The molecule has 0 fully saturated rings. The van der Waals surface area contributed by atoms with Crippen molar-refractivity contribution in [2.45, 2.75) is 0 Å². The lowest BCUT2D eigenvalue weighted by Gasteiger charge is -2.11. The van der Waals surface area contributed by atoms with Crippen molar-refractivity contribution in [2.75, 3.05) is 0 Å². The molecule has 1 N–H and O–H groups in total. The van der Waals surface area contributed by atoms with Crippen LogP contribution >= 0.6 is 11.6 Å². The minimum Gasteiger partial charge on any atom is -0.478 e. The highest BCUT2D eigenvalue weighted by molar-refractivity contribution is 6.33. The number of carboxylic acids is 1. The summed E-state index contributed by atoms with van der Waals surface area (Å²) >= 11 is 5.98. The van der Waals surface area contributed by atoms with Gasteiger partial charge in [0.1, 0.15) is 11.6 Å². The van der Waals surface area contributed by atoms with Crippen molar-refractivity contribution in [3.63, 3.8) is 0 Å². The van der Waals surface area contributed by atoms with Gasteiger partial charge >= 0.3 is 5.97 Å². The third-order valence-corrected chi connectivity index (χ3v) is 3.70. The molecule has 3 aromatic carbocycles. The van der Waals surface area contributed by atoms with E-state index in [1.807, 2.05) is 0 Å². The predicted octanol–water partition coefficient (Wildman–Crippen LogP) is 5.14. The molecular weight excluding hydrogens is 310 g/mol. The summed E-state index contributed by atoms with van der Waals surface area (Å²) in [7, 11) is 0. The van der Waals surface area contributed by atoms with Crippen molar-refractivity contribution in [1.82, 2.24) is 0 Å². The molecule has 0 unspecified atom stereocenters. The number of fused-ring (bicyclic) bond motifs is 1. The number of benzene rings is 3. The molecule has 0 aromatic heterocycles. The Morgan fingerprint density at radius 2 is 1.82 bits per heavy atom. The van der Waals surface area contributed by atoms with Gasteiger partial charge in [-0.2, -0.15) is 0 Å². The Morgan fingerprint density at radius 1 is 1.05 bits per heavy atom. The van der Waals surface area contributed by atoms with Gasteiger partial charge in [-0.05, 0) is 34.5 Å². The molecule has 0 saturated heterocycles. The van der Waals surface area contributed by atoms with E-state index in [2.05, 4.69) is 0 Å². The van der Waals surface area contributed by atoms with E-state index in [9.17, 15) is 13.6 Å². The molecule has 0 radical (unpaired) electrons. The lowest BCUT2D eigenvalue weighted by molar-refractivity contribution is 0.0697. The highest BCUT2D eigenvalue weighted by Crippen LogP contribution is 2.36. The number of hydrogen-bond acceptors (Lipinski definition) is 1. The molecule has 0 saturated carbocycles. The van der Waals surface area contributed by atoms with Crippen LogP contribution in [0.5, 0.6) is 0 Å². The van der Waals surface area contributed by atoms with Gasteiger partial charge in [0.15, 0.2) is 0 Å². The van der Waals surface area contributed by atoms with Gasteiger partial charge in [0.25, 0.3) is 0 Å². The maximum atomic E-state index is 14.1. The van der Waals surface area contributed by atoms with Crippen molar-refractivity contribution in [2.24, 2.45) is 0 Å². The van der Waals surface area contributed by atoms with E-state index in [0.29, 0.717) is 10.9 Å². The highest BCUT2D eigenvalue weighted by Gasteiger charge is 2.15. The normalized spacial score (nSPS) is 10.9. The summed E-state index contributed by atoms with van der Waals surface area (Å²) in [4.78, 5) is 11.1. The Bertz CT molecular complexity index is 883. The predicted molar refractivity (Wildman–Crippen MR) is 81.3 cm³/mol. The molecule has 3 aromatic rings. The number of carbonyl (C=O) groups is 1. The first-order chi connectivity index (χ1) is 10.5. The third-order valence-electron chi connectivity index (χ3n) is 3.41. The minimum absolute atomic E-state index is 0.0520. The molecule has 0 atom stereocenters. The Balaban J connectivity index is 2.36. The van der Waals surface area contributed by atoms with Crippen LogP contribution in [0.4, 0.5) is 8.78 Å². The van der Waals surface area contributed by atoms with Crippen LogP contribution in [0.1, 0.15) is 10.4 Å². The van der Waals surface area contributed by atoms with Crippen LogP contribution in [0.15, 0.2) is 48.5 Å². The zero-order valence-corrected chi connectivity index (χ0v) is 11.9. The number of halogens is 3. The van der Waals surface area contributed by atoms with Crippen LogP contribution in [-0.4, -0.2) is 11.1 Å². The number of rotatable bonds is 2. The maximum absolute atomic E-state index is 14.1. The molecule has 0 heterocycles. The highest BCUT2D eigenvalue weighted by atomic mass is 35.5. The van der Waals surface area contributed by atoms with E-state index in [0.717, 1.165) is 17.5 Å². The maximum Gasteiger partial charge on any atom is 0.335 e. The molecule has 2 nitrogen and oxygen atoms in total. The molecule has 110 valence electrons. The van der Waals surface area contributed by atoms with E-state index >= 15 is 0 Å². The number of aromatic carboxylic acids is 1. The smallest absolute Gasteiger partial charge is 0.335 e. The first kappa shape index (κ1) is 14.5. The number of carboxylic acid groups (broad SMARTS) is 1. The molecule has 5 heteroatoms. The van der Waals surface area contributed by atoms with Gasteiger partial charge in [-0.15, -0.1) is 0 Å². The van der Waals surface area contributed by atoms with Crippen LogP contribution in [-0.2, 0) is 0 Å². The number of hydrogen-bond donors (Lipinski definition) is 1. The summed E-state index contributed by atoms with van der Waals surface area (Å²) in [6, 6.07) is 11.4. The van der Waals surface area contributed by atoms with Crippen LogP contribution < -0.4 is 0 Å². The average Bonchev–Trinajstić information content (AvgIpc) is 2.45. The summed E-state index contributed by atoms with van der Waals surface area (Å²) in [5, 5.41) is 10.3. The summed E-state index contributed by atoms with van der Waals surface area (Å²) < 4.78 is 27.3. The third kappa shape index (κ3) is 2.42. The zero-order valence-electron chi connectivity index (χ0n) is 11.1. The van der Waals surface area contributed by atoms with Crippen LogP contribution in [0, 0.1) is 11.6 Å². The SMILES string of the molecule is O=C(O)c1ccc2cccc(-c3c(F)cc(F)cc3Cl)c2c1. The fraction of sp³-hybridized carbons (Fsp3) is 0. The fourth-order valence-electron chi connectivity index (χ4n) is 2.42. The standard InChI is InChI=1S/C17H9ClF2O2/c18-14-7-11(19)8-15(20)16(14)12-3-1-2-9-4-5-10(17(21)22)6-13(9)12/h1-8H,(H,21,22). The Morgan fingerprint density at radius 3 is 2.50 bits per heavy atom. The van der Waals surface area contributed by atoms with Crippen LogP contribution in [0.25, 0.3) is 21.9 Å². The molecule has 0 bridgehead atoms. The topological polar surface area (TPSA) is 37.3 Å². The Hall–Kier alpha value is -2.46. The van der Waals surface area contributed by atoms with Crippen molar-refractivity contribution in [3.8, 4) is 11.1 Å². The lowest BCUT2D eigenvalue weighted by Crippen LogP contribution is -1.96. The van der Waals surface area contributed by atoms with Gasteiger partial charge in [-0.1, -0.05) is 35.9 Å². The van der Waals surface area contributed by atoms with Gasteiger partial charge in [-0.25, -0.2) is 13.6 Å². The second-order valence-corrected chi connectivity index (χ2v) is 5.20. The molecule has 0 spiro atoms. The van der Waals surface area contributed by atoms with Crippen molar-refractivity contribution in [1.29, 1.82) is 0 Å². The molecule has 0 aliphatic rings. The van der Waals surface area contributed by atoms with Crippen molar-refractivity contribution >= 4 is 28.3 Å². The summed E-state index contributed by atoms with van der Waals surface area (Å²) in [5.41, 5.74) is 0.554. The lowest BCUT2D eigenvalue weighted by atomic mass is 9.96. The molecule has 3 rings (SSSR count). The van der Waals surface area contributed by atoms with Gasteiger partial charge in [0.05, 0.1) is 10.6 Å². The van der Waals surface area contributed by atoms with Crippen molar-refractivity contribution in [3.05, 3.63) is 70.8 Å². The van der Waals surface area contributed by atoms with Crippen LogP contribution in [0.3, 0.4) is 0 Å². The molecule has 0 amide bonds. The van der Waals surface area contributed by atoms with Crippen molar-refractivity contribution < 1.29 is 18.7 Å². The van der Waals surface area contributed by atoms with Gasteiger partial charge in [-0.3, -0.25) is 0 Å². The van der Waals surface area contributed by atoms with Gasteiger partial charge in [0, 0.05) is 11.6 Å². The van der Waals surface area contributed by atoms with Crippen LogP contribution in [0.2, 0.25) is 5.02 Å². The zero-order chi connectivity index (χ0) is 15.9. The fourth-order valence-corrected chi connectivity index (χ4v) is 2.72.